The molecule has 0 unspecified atom stereocenters. The van der Waals surface area contributed by atoms with Crippen LogP contribution in [-0.2, 0) is 9.53 Å². The van der Waals surface area contributed by atoms with Gasteiger partial charge in [-0.3, -0.25) is 4.79 Å². The van der Waals surface area contributed by atoms with Crippen LogP contribution in [0.15, 0.2) is 12.7 Å². The minimum Gasteiger partial charge on any atom is -0.379 e. The normalized spacial score (nSPS) is 17.9. The molecule has 1 saturated carbocycles. The molecule has 0 atom stereocenters. The summed E-state index contributed by atoms with van der Waals surface area (Å²) in [4.78, 5) is 11.6. The lowest BCUT2D eigenvalue weighted by atomic mass is 9.94. The lowest BCUT2D eigenvalue weighted by molar-refractivity contribution is -0.122. The van der Waals surface area contributed by atoms with Gasteiger partial charge in [-0.15, -0.1) is 6.58 Å². The minimum absolute atomic E-state index is 0.0433. The summed E-state index contributed by atoms with van der Waals surface area (Å²) >= 11 is 0. The summed E-state index contributed by atoms with van der Waals surface area (Å²) in [6.07, 6.45) is 7.34. The van der Waals surface area contributed by atoms with Crippen molar-refractivity contribution in [2.45, 2.75) is 44.1 Å². The van der Waals surface area contributed by atoms with Crippen LogP contribution in [0.3, 0.4) is 0 Å². The van der Waals surface area contributed by atoms with E-state index in [4.69, 9.17) is 10.5 Å². The van der Waals surface area contributed by atoms with Gasteiger partial charge in [0.15, 0.2) is 0 Å². The Morgan fingerprint density at radius 2 is 2.12 bits per heavy atom. The first kappa shape index (κ1) is 14.2. The molecule has 0 heterocycles. The number of nitrogens with two attached hydrogens (primary N) is 1. The number of hydrogen-bond donors (Lipinski definition) is 2. The zero-order valence-electron chi connectivity index (χ0n) is 10.5. The third-order valence-corrected chi connectivity index (χ3v) is 3.15. The van der Waals surface area contributed by atoms with E-state index in [9.17, 15) is 4.79 Å². The Kier molecular flexibility index (Phi) is 6.22. The second-order valence-corrected chi connectivity index (χ2v) is 4.79. The van der Waals surface area contributed by atoms with Gasteiger partial charge in [-0.2, -0.15) is 0 Å². The van der Waals surface area contributed by atoms with Crippen molar-refractivity contribution in [2.24, 2.45) is 5.73 Å². The summed E-state index contributed by atoms with van der Waals surface area (Å²) < 4.78 is 5.30. The molecule has 98 valence electrons. The highest BCUT2D eigenvalue weighted by Crippen LogP contribution is 2.29. The first-order chi connectivity index (χ1) is 8.16. The number of hydrogen-bond acceptors (Lipinski definition) is 3. The number of rotatable bonds is 8. The molecule has 0 spiro atoms. The first-order valence-electron chi connectivity index (χ1n) is 6.40. The van der Waals surface area contributed by atoms with Gasteiger partial charge in [0.25, 0.3) is 0 Å². The van der Waals surface area contributed by atoms with E-state index in [1.807, 2.05) is 6.08 Å². The molecule has 4 heteroatoms. The van der Waals surface area contributed by atoms with Crippen molar-refractivity contribution >= 4 is 5.91 Å². The molecule has 1 fully saturated rings. The van der Waals surface area contributed by atoms with E-state index in [1.54, 1.807) is 0 Å². The predicted molar refractivity (Wildman–Crippen MR) is 68.6 cm³/mol. The maximum absolute atomic E-state index is 11.6. The van der Waals surface area contributed by atoms with Gasteiger partial charge in [-0.05, 0) is 19.3 Å². The van der Waals surface area contributed by atoms with Crippen LogP contribution in [0.5, 0.6) is 0 Å². The summed E-state index contributed by atoms with van der Waals surface area (Å²) in [5.74, 6) is 0.0433. The fourth-order valence-electron chi connectivity index (χ4n) is 2.17. The van der Waals surface area contributed by atoms with Crippen LogP contribution >= 0.6 is 0 Å². The van der Waals surface area contributed by atoms with Crippen LogP contribution in [0.1, 0.15) is 38.5 Å². The Labute approximate surface area is 104 Å². The Balaban J connectivity index is 2.03. The zero-order chi connectivity index (χ0) is 12.6. The fraction of sp³-hybridized carbons (Fsp3) is 0.769. The molecule has 17 heavy (non-hydrogen) atoms. The van der Waals surface area contributed by atoms with Crippen molar-refractivity contribution in [3.05, 3.63) is 12.7 Å². The highest BCUT2D eigenvalue weighted by atomic mass is 16.5. The van der Waals surface area contributed by atoms with Gasteiger partial charge in [0.1, 0.15) is 0 Å². The van der Waals surface area contributed by atoms with E-state index >= 15 is 0 Å². The number of carbonyl (C=O) groups is 1. The molecule has 0 radical (unpaired) electrons. The predicted octanol–water partition coefficient (Wildman–Crippen LogP) is 1.36. The first-order valence-corrected chi connectivity index (χ1v) is 6.40. The van der Waals surface area contributed by atoms with Gasteiger partial charge < -0.3 is 15.8 Å². The summed E-state index contributed by atoms with van der Waals surface area (Å²) in [5, 5.41) is 2.84. The molecule has 1 aliphatic rings. The molecular weight excluding hydrogens is 216 g/mol. The van der Waals surface area contributed by atoms with Crippen LogP contribution in [0, 0.1) is 0 Å². The van der Waals surface area contributed by atoms with Crippen LogP contribution < -0.4 is 11.1 Å². The van der Waals surface area contributed by atoms with Gasteiger partial charge in [0.05, 0.1) is 13.2 Å². The van der Waals surface area contributed by atoms with Gasteiger partial charge >= 0.3 is 0 Å². The molecule has 0 bridgehead atoms. The van der Waals surface area contributed by atoms with E-state index in [-0.39, 0.29) is 11.4 Å². The maximum Gasteiger partial charge on any atom is 0.221 e. The summed E-state index contributed by atoms with van der Waals surface area (Å²) in [6, 6.07) is 0. The maximum atomic E-state index is 11.6. The molecule has 3 N–H and O–H groups in total. The highest BCUT2D eigenvalue weighted by Gasteiger charge is 2.31. The molecule has 0 aromatic carbocycles. The van der Waals surface area contributed by atoms with E-state index in [0.29, 0.717) is 26.2 Å². The standard InChI is InChI=1S/C13H24N2O2/c1-2-3-9-17-10-8-15-12(16)11-13(14)6-4-5-7-13/h2H,1,3-11,14H2,(H,15,16). The van der Waals surface area contributed by atoms with Crippen LogP contribution in [0.4, 0.5) is 0 Å². The largest absolute Gasteiger partial charge is 0.379 e. The van der Waals surface area contributed by atoms with E-state index in [2.05, 4.69) is 11.9 Å². The zero-order valence-corrected chi connectivity index (χ0v) is 10.5. The van der Waals surface area contributed by atoms with Crippen molar-refractivity contribution < 1.29 is 9.53 Å². The smallest absolute Gasteiger partial charge is 0.221 e. The number of ether oxygens (including phenoxy) is 1. The van der Waals surface area contributed by atoms with Crippen molar-refractivity contribution in [1.29, 1.82) is 0 Å². The molecule has 0 aromatic heterocycles. The lowest BCUT2D eigenvalue weighted by Crippen LogP contribution is -2.42. The molecule has 0 saturated heterocycles. The second-order valence-electron chi connectivity index (χ2n) is 4.79. The molecule has 0 aromatic rings. The van der Waals surface area contributed by atoms with Gasteiger partial charge in [0.2, 0.25) is 5.91 Å². The molecule has 1 aliphatic carbocycles. The van der Waals surface area contributed by atoms with E-state index in [1.165, 1.54) is 0 Å². The Morgan fingerprint density at radius 1 is 1.41 bits per heavy atom. The Bertz CT molecular complexity index is 248. The minimum atomic E-state index is -0.256. The topological polar surface area (TPSA) is 64.3 Å². The van der Waals surface area contributed by atoms with Crippen molar-refractivity contribution in [3.63, 3.8) is 0 Å². The average molecular weight is 240 g/mol. The molecule has 1 amide bonds. The SMILES string of the molecule is C=CCCOCCNC(=O)CC1(N)CCCC1. The van der Waals surface area contributed by atoms with Crippen molar-refractivity contribution in [1.82, 2.24) is 5.32 Å². The number of nitrogens with one attached hydrogen (secondary N) is 1. The monoisotopic (exact) mass is 240 g/mol. The summed E-state index contributed by atoms with van der Waals surface area (Å²) in [5.41, 5.74) is 5.87. The van der Waals surface area contributed by atoms with E-state index < -0.39 is 0 Å². The Morgan fingerprint density at radius 3 is 2.76 bits per heavy atom. The van der Waals surface area contributed by atoms with Gasteiger partial charge in [-0.25, -0.2) is 0 Å². The molecule has 1 rings (SSSR count). The van der Waals surface area contributed by atoms with Crippen LogP contribution in [0.2, 0.25) is 0 Å². The quantitative estimate of drug-likeness (QED) is 0.497. The molecular formula is C13H24N2O2. The fourth-order valence-corrected chi connectivity index (χ4v) is 2.17. The Hall–Kier alpha value is -0.870. The van der Waals surface area contributed by atoms with Crippen LogP contribution in [-0.4, -0.2) is 31.2 Å². The van der Waals surface area contributed by atoms with E-state index in [0.717, 1.165) is 32.1 Å². The number of amides is 1. The van der Waals surface area contributed by atoms with Gasteiger partial charge in [-0.1, -0.05) is 18.9 Å². The number of carbonyl (C=O) groups excluding carboxylic acids is 1. The second kappa shape index (κ2) is 7.45. The summed E-state index contributed by atoms with van der Waals surface area (Å²) in [6.45, 7) is 5.39. The lowest BCUT2D eigenvalue weighted by Gasteiger charge is -2.22. The highest BCUT2D eigenvalue weighted by molar-refractivity contribution is 5.77. The third kappa shape index (κ3) is 5.84. The van der Waals surface area contributed by atoms with Crippen LogP contribution in [0.25, 0.3) is 0 Å². The molecule has 4 nitrogen and oxygen atoms in total. The van der Waals surface area contributed by atoms with Crippen molar-refractivity contribution in [2.75, 3.05) is 19.8 Å². The average Bonchev–Trinajstić information content (AvgIpc) is 2.70. The van der Waals surface area contributed by atoms with Crippen molar-refractivity contribution in [3.8, 4) is 0 Å². The molecule has 0 aliphatic heterocycles. The summed E-state index contributed by atoms with van der Waals surface area (Å²) in [7, 11) is 0. The van der Waals surface area contributed by atoms with Gasteiger partial charge in [0, 0.05) is 18.5 Å². The third-order valence-electron chi connectivity index (χ3n) is 3.15.